The van der Waals surface area contributed by atoms with E-state index in [0.717, 1.165) is 43.3 Å². The minimum Gasteiger partial charge on any atom is -0.493 e. The van der Waals surface area contributed by atoms with Crippen molar-refractivity contribution in [1.82, 2.24) is 4.90 Å². The largest absolute Gasteiger partial charge is 0.493 e. The van der Waals surface area contributed by atoms with Crippen molar-refractivity contribution in [3.63, 3.8) is 0 Å². The lowest BCUT2D eigenvalue weighted by atomic mass is 9.99. The summed E-state index contributed by atoms with van der Waals surface area (Å²) in [7, 11) is 3.39. The highest BCUT2D eigenvalue weighted by Gasteiger charge is 2.19. The highest BCUT2D eigenvalue weighted by Crippen LogP contribution is 2.33. The molecule has 3 rings (SSSR count). The molecule has 0 N–H and O–H groups in total. The van der Waals surface area contributed by atoms with E-state index in [0.29, 0.717) is 0 Å². The Balaban J connectivity index is 1.57. The number of fused-ring (bicyclic) bond motifs is 1. The Bertz CT molecular complexity index is 685. The van der Waals surface area contributed by atoms with E-state index in [4.69, 9.17) is 9.47 Å². The molecule has 0 atom stereocenters. The van der Waals surface area contributed by atoms with Crippen molar-refractivity contribution < 1.29 is 9.47 Å². The van der Waals surface area contributed by atoms with Crippen LogP contribution in [0.2, 0.25) is 0 Å². The molecule has 2 aromatic rings. The van der Waals surface area contributed by atoms with Gasteiger partial charge >= 0.3 is 0 Å². The van der Waals surface area contributed by atoms with Crippen molar-refractivity contribution in [1.29, 1.82) is 0 Å². The zero-order chi connectivity index (χ0) is 16.9. The minimum absolute atomic E-state index is 0.826. The van der Waals surface area contributed by atoms with Gasteiger partial charge in [0, 0.05) is 30.3 Å². The van der Waals surface area contributed by atoms with Gasteiger partial charge in [0.2, 0.25) is 0 Å². The van der Waals surface area contributed by atoms with Crippen LogP contribution in [0.15, 0.2) is 41.3 Å². The molecule has 1 aliphatic rings. The van der Waals surface area contributed by atoms with Crippen LogP contribution in [0.5, 0.6) is 11.5 Å². The van der Waals surface area contributed by atoms with E-state index in [1.165, 1.54) is 21.6 Å². The highest BCUT2D eigenvalue weighted by molar-refractivity contribution is 7.99. The fourth-order valence-electron chi connectivity index (χ4n) is 3.06. The molecule has 0 saturated heterocycles. The predicted octanol–water partition coefficient (Wildman–Crippen LogP) is 4.16. The standard InChI is InChI=1S/C20H25NO2S/c1-15-4-6-18(7-5-15)24-11-10-21-9-8-16-12-19(22-2)20(23-3)13-17(16)14-21/h4-7,12-13H,8-11,14H2,1-3H3. The van der Waals surface area contributed by atoms with Gasteiger partial charge in [0.15, 0.2) is 11.5 Å². The average molecular weight is 343 g/mol. The number of hydrogen-bond donors (Lipinski definition) is 0. The third-order valence-corrected chi connectivity index (χ3v) is 5.49. The molecule has 1 heterocycles. The maximum absolute atomic E-state index is 5.44. The zero-order valence-electron chi connectivity index (χ0n) is 14.7. The molecule has 4 heteroatoms. The lowest BCUT2D eigenvalue weighted by molar-refractivity contribution is 0.268. The fourth-order valence-corrected chi connectivity index (χ4v) is 3.97. The molecule has 0 unspecified atom stereocenters. The number of benzene rings is 2. The zero-order valence-corrected chi connectivity index (χ0v) is 15.5. The van der Waals surface area contributed by atoms with E-state index < -0.39 is 0 Å². The summed E-state index contributed by atoms with van der Waals surface area (Å²) >= 11 is 1.93. The SMILES string of the molecule is COc1cc2c(cc1OC)CN(CCSc1ccc(C)cc1)CC2. The van der Waals surface area contributed by atoms with Crippen LogP contribution in [0.3, 0.4) is 0 Å². The Hall–Kier alpha value is -1.65. The summed E-state index contributed by atoms with van der Waals surface area (Å²) < 4.78 is 10.8. The van der Waals surface area contributed by atoms with E-state index in [-0.39, 0.29) is 0 Å². The van der Waals surface area contributed by atoms with Gasteiger partial charge in [-0.05, 0) is 48.7 Å². The van der Waals surface area contributed by atoms with Gasteiger partial charge in [-0.3, -0.25) is 4.90 Å². The molecule has 0 aromatic heterocycles. The molecule has 0 saturated carbocycles. The molecular formula is C20H25NO2S. The van der Waals surface area contributed by atoms with Crippen molar-refractivity contribution >= 4 is 11.8 Å². The molecule has 0 amide bonds. The summed E-state index contributed by atoms with van der Waals surface area (Å²) in [5, 5.41) is 0. The van der Waals surface area contributed by atoms with Crippen LogP contribution >= 0.6 is 11.8 Å². The molecular weight excluding hydrogens is 318 g/mol. The van der Waals surface area contributed by atoms with Crippen molar-refractivity contribution in [2.45, 2.75) is 24.8 Å². The van der Waals surface area contributed by atoms with E-state index in [2.05, 4.69) is 48.2 Å². The van der Waals surface area contributed by atoms with Crippen LogP contribution in [-0.2, 0) is 13.0 Å². The molecule has 3 nitrogen and oxygen atoms in total. The molecule has 0 radical (unpaired) electrons. The number of methoxy groups -OCH3 is 2. The van der Waals surface area contributed by atoms with Crippen molar-refractivity contribution in [3.05, 3.63) is 53.1 Å². The van der Waals surface area contributed by atoms with Gasteiger partial charge in [-0.25, -0.2) is 0 Å². The van der Waals surface area contributed by atoms with E-state index in [9.17, 15) is 0 Å². The van der Waals surface area contributed by atoms with Gasteiger partial charge < -0.3 is 9.47 Å². The predicted molar refractivity (Wildman–Crippen MR) is 100 cm³/mol. The first-order valence-electron chi connectivity index (χ1n) is 8.35. The van der Waals surface area contributed by atoms with Gasteiger partial charge in [-0.1, -0.05) is 17.7 Å². The summed E-state index contributed by atoms with van der Waals surface area (Å²) in [6.45, 7) is 5.33. The summed E-state index contributed by atoms with van der Waals surface area (Å²) in [5.41, 5.74) is 4.06. The minimum atomic E-state index is 0.826. The number of thioether (sulfide) groups is 1. The number of nitrogens with zero attached hydrogens (tertiary/aromatic N) is 1. The molecule has 2 aromatic carbocycles. The van der Waals surface area contributed by atoms with Crippen molar-refractivity contribution in [3.8, 4) is 11.5 Å². The van der Waals surface area contributed by atoms with E-state index in [1.807, 2.05) is 11.8 Å². The fraction of sp³-hybridized carbons (Fsp3) is 0.400. The molecule has 0 bridgehead atoms. The first kappa shape index (κ1) is 17.2. The first-order valence-corrected chi connectivity index (χ1v) is 9.34. The van der Waals surface area contributed by atoms with Crippen LogP contribution in [0.4, 0.5) is 0 Å². The molecule has 0 fully saturated rings. The second kappa shape index (κ2) is 7.95. The van der Waals surface area contributed by atoms with Gasteiger partial charge in [-0.15, -0.1) is 11.8 Å². The van der Waals surface area contributed by atoms with E-state index >= 15 is 0 Å². The smallest absolute Gasteiger partial charge is 0.161 e. The summed E-state index contributed by atoms with van der Waals surface area (Å²) in [6.07, 6.45) is 1.07. The second-order valence-electron chi connectivity index (χ2n) is 6.16. The Morgan fingerprint density at radius 3 is 2.33 bits per heavy atom. The van der Waals surface area contributed by atoms with Crippen LogP contribution in [0, 0.1) is 6.92 Å². The number of rotatable bonds is 6. The first-order chi connectivity index (χ1) is 11.7. The van der Waals surface area contributed by atoms with Crippen molar-refractivity contribution in [2.24, 2.45) is 0 Å². The van der Waals surface area contributed by atoms with Gasteiger partial charge in [0.1, 0.15) is 0 Å². The number of hydrogen-bond acceptors (Lipinski definition) is 4. The normalized spacial score (nSPS) is 14.3. The quantitative estimate of drug-likeness (QED) is 0.734. The van der Waals surface area contributed by atoms with Gasteiger partial charge in [0.05, 0.1) is 14.2 Å². The second-order valence-corrected chi connectivity index (χ2v) is 7.33. The summed E-state index contributed by atoms with van der Waals surface area (Å²) in [6, 6.07) is 13.0. The Labute approximate surface area is 149 Å². The Kier molecular flexibility index (Phi) is 5.69. The maximum Gasteiger partial charge on any atom is 0.161 e. The van der Waals surface area contributed by atoms with Crippen LogP contribution in [-0.4, -0.2) is 38.0 Å². The maximum atomic E-state index is 5.44. The third-order valence-electron chi connectivity index (χ3n) is 4.49. The van der Waals surface area contributed by atoms with Crippen molar-refractivity contribution in [2.75, 3.05) is 33.1 Å². The summed E-state index contributed by atoms with van der Waals surface area (Å²) in [5.74, 6) is 2.78. The van der Waals surface area contributed by atoms with E-state index in [1.54, 1.807) is 14.2 Å². The molecule has 1 aliphatic heterocycles. The van der Waals surface area contributed by atoms with Gasteiger partial charge in [0.25, 0.3) is 0 Å². The number of ether oxygens (including phenoxy) is 2. The van der Waals surface area contributed by atoms with Gasteiger partial charge in [-0.2, -0.15) is 0 Å². The number of aryl methyl sites for hydroxylation is 1. The Morgan fingerprint density at radius 2 is 1.67 bits per heavy atom. The molecule has 24 heavy (non-hydrogen) atoms. The summed E-state index contributed by atoms with van der Waals surface area (Å²) in [4.78, 5) is 3.87. The highest BCUT2D eigenvalue weighted by atomic mass is 32.2. The molecule has 0 spiro atoms. The molecule has 0 aliphatic carbocycles. The lowest BCUT2D eigenvalue weighted by Gasteiger charge is -2.29. The topological polar surface area (TPSA) is 21.7 Å². The van der Waals surface area contributed by atoms with Crippen LogP contribution in [0.25, 0.3) is 0 Å². The Morgan fingerprint density at radius 1 is 1.00 bits per heavy atom. The lowest BCUT2D eigenvalue weighted by Crippen LogP contribution is -2.32. The van der Waals surface area contributed by atoms with Crippen LogP contribution in [0.1, 0.15) is 16.7 Å². The third kappa shape index (κ3) is 4.05. The van der Waals surface area contributed by atoms with Crippen LogP contribution < -0.4 is 9.47 Å². The molecule has 128 valence electrons. The monoisotopic (exact) mass is 343 g/mol. The average Bonchev–Trinajstić information content (AvgIpc) is 2.62.